The predicted octanol–water partition coefficient (Wildman–Crippen LogP) is -0.663. The summed E-state index contributed by atoms with van der Waals surface area (Å²) >= 11 is 0. The Bertz CT molecular complexity index is 281. The van der Waals surface area contributed by atoms with E-state index in [0.717, 1.165) is 0 Å². The zero-order chi connectivity index (χ0) is 11.6. The van der Waals surface area contributed by atoms with Crippen LogP contribution in [0, 0.1) is 0 Å². The number of aliphatic carboxylic acids is 2. The first-order chi connectivity index (χ1) is 6.85. The quantitative estimate of drug-likeness (QED) is 0.576. The van der Waals surface area contributed by atoms with E-state index >= 15 is 0 Å². The second kappa shape index (κ2) is 4.16. The van der Waals surface area contributed by atoms with Gasteiger partial charge >= 0.3 is 11.9 Å². The minimum absolute atomic E-state index is 0.00962. The van der Waals surface area contributed by atoms with Crippen molar-refractivity contribution in [1.82, 2.24) is 4.90 Å². The van der Waals surface area contributed by atoms with Crippen LogP contribution in [0.15, 0.2) is 0 Å². The van der Waals surface area contributed by atoms with Crippen LogP contribution in [-0.4, -0.2) is 51.7 Å². The third-order valence-electron chi connectivity index (χ3n) is 2.85. The monoisotopic (exact) mass is 216 g/mol. The van der Waals surface area contributed by atoms with E-state index in [2.05, 4.69) is 0 Å². The van der Waals surface area contributed by atoms with Gasteiger partial charge in [0.25, 0.3) is 0 Å². The largest absolute Gasteiger partial charge is 0.481 e. The van der Waals surface area contributed by atoms with Gasteiger partial charge in [-0.15, -0.1) is 0 Å². The summed E-state index contributed by atoms with van der Waals surface area (Å²) in [5, 5.41) is 17.5. The van der Waals surface area contributed by atoms with Crippen molar-refractivity contribution in [1.29, 1.82) is 0 Å². The number of nitrogens with zero attached hydrogens (tertiary/aromatic N) is 1. The number of carboxylic acids is 2. The smallest absolute Gasteiger partial charge is 0.325 e. The van der Waals surface area contributed by atoms with Gasteiger partial charge in [-0.3, -0.25) is 14.5 Å². The molecule has 1 aliphatic rings. The number of hydrogen-bond donors (Lipinski definition) is 3. The normalized spacial score (nSPS) is 28.9. The number of likely N-dealkylation sites (tertiary alicyclic amines) is 1. The lowest BCUT2D eigenvalue weighted by atomic mass is 10.0. The van der Waals surface area contributed by atoms with Gasteiger partial charge in [-0.1, -0.05) is 0 Å². The van der Waals surface area contributed by atoms with E-state index in [-0.39, 0.29) is 19.0 Å². The molecule has 6 nitrogen and oxygen atoms in total. The van der Waals surface area contributed by atoms with Crippen molar-refractivity contribution in [3.05, 3.63) is 0 Å². The Morgan fingerprint density at radius 1 is 1.53 bits per heavy atom. The predicted molar refractivity (Wildman–Crippen MR) is 52.5 cm³/mol. The van der Waals surface area contributed by atoms with E-state index in [1.807, 2.05) is 4.90 Å². The Morgan fingerprint density at radius 2 is 2.13 bits per heavy atom. The second-order valence-electron chi connectivity index (χ2n) is 4.13. The van der Waals surface area contributed by atoms with E-state index in [9.17, 15) is 9.59 Å². The molecule has 0 radical (unpaired) electrons. The molecule has 0 aromatic rings. The van der Waals surface area contributed by atoms with E-state index < -0.39 is 17.5 Å². The van der Waals surface area contributed by atoms with Crippen LogP contribution in [0.4, 0.5) is 0 Å². The molecular weight excluding hydrogens is 200 g/mol. The van der Waals surface area contributed by atoms with Gasteiger partial charge in [0.15, 0.2) is 0 Å². The summed E-state index contributed by atoms with van der Waals surface area (Å²) in [7, 11) is 0. The average molecular weight is 216 g/mol. The summed E-state index contributed by atoms with van der Waals surface area (Å²) in [5.74, 6) is -1.90. The molecule has 0 aliphatic carbocycles. The highest BCUT2D eigenvalue weighted by molar-refractivity contribution is 5.79. The molecule has 2 unspecified atom stereocenters. The number of rotatable bonds is 4. The minimum Gasteiger partial charge on any atom is -0.481 e. The van der Waals surface area contributed by atoms with Gasteiger partial charge in [0.2, 0.25) is 0 Å². The lowest BCUT2D eigenvalue weighted by molar-refractivity contribution is -0.142. The maximum atomic E-state index is 10.8. The van der Waals surface area contributed by atoms with Crippen LogP contribution in [0.2, 0.25) is 0 Å². The average Bonchev–Trinajstić information content (AvgIpc) is 2.48. The molecule has 1 fully saturated rings. The SMILES string of the molecule is CC(CC(=O)O)N1CCC(N)(C(=O)O)C1. The molecule has 86 valence electrons. The highest BCUT2D eigenvalue weighted by atomic mass is 16.4. The van der Waals surface area contributed by atoms with E-state index in [1.165, 1.54) is 0 Å². The molecule has 15 heavy (non-hydrogen) atoms. The van der Waals surface area contributed by atoms with Crippen LogP contribution in [0.5, 0.6) is 0 Å². The first kappa shape index (κ1) is 11.9. The minimum atomic E-state index is -1.22. The number of nitrogens with two attached hydrogens (primary N) is 1. The van der Waals surface area contributed by atoms with Crippen molar-refractivity contribution in [2.24, 2.45) is 5.73 Å². The molecule has 0 saturated carbocycles. The summed E-state index contributed by atoms with van der Waals surface area (Å²) in [4.78, 5) is 23.1. The van der Waals surface area contributed by atoms with Crippen LogP contribution < -0.4 is 5.73 Å². The molecule has 4 N–H and O–H groups in total. The van der Waals surface area contributed by atoms with E-state index in [4.69, 9.17) is 15.9 Å². The van der Waals surface area contributed by atoms with Gasteiger partial charge < -0.3 is 15.9 Å². The number of carboxylic acid groups (broad SMARTS) is 2. The zero-order valence-electron chi connectivity index (χ0n) is 8.64. The molecule has 1 aliphatic heterocycles. The van der Waals surface area contributed by atoms with E-state index in [1.54, 1.807) is 6.92 Å². The van der Waals surface area contributed by atoms with Gasteiger partial charge in [-0.2, -0.15) is 0 Å². The molecule has 2 atom stereocenters. The molecule has 6 heteroatoms. The zero-order valence-corrected chi connectivity index (χ0v) is 8.64. The Balaban J connectivity index is 2.56. The third-order valence-corrected chi connectivity index (χ3v) is 2.85. The van der Waals surface area contributed by atoms with Gasteiger partial charge in [0.1, 0.15) is 5.54 Å². The van der Waals surface area contributed by atoms with Crippen molar-refractivity contribution in [3.63, 3.8) is 0 Å². The first-order valence-electron chi connectivity index (χ1n) is 4.83. The van der Waals surface area contributed by atoms with Crippen molar-refractivity contribution in [3.8, 4) is 0 Å². The fourth-order valence-corrected chi connectivity index (χ4v) is 1.80. The van der Waals surface area contributed by atoms with Crippen LogP contribution in [0.1, 0.15) is 19.8 Å². The fraction of sp³-hybridized carbons (Fsp3) is 0.778. The molecule has 0 bridgehead atoms. The van der Waals surface area contributed by atoms with Crippen LogP contribution in [0.25, 0.3) is 0 Å². The summed E-state index contributed by atoms with van der Waals surface area (Å²) in [5.41, 5.74) is 4.46. The Kier molecular flexibility index (Phi) is 3.31. The number of hydrogen-bond acceptors (Lipinski definition) is 4. The van der Waals surface area contributed by atoms with Crippen molar-refractivity contribution in [2.75, 3.05) is 13.1 Å². The molecule has 0 aromatic carbocycles. The second-order valence-corrected chi connectivity index (χ2v) is 4.13. The summed E-state index contributed by atoms with van der Waals surface area (Å²) in [6.45, 7) is 2.52. The van der Waals surface area contributed by atoms with Crippen LogP contribution >= 0.6 is 0 Å². The summed E-state index contributed by atoms with van der Waals surface area (Å²) < 4.78 is 0. The summed E-state index contributed by atoms with van der Waals surface area (Å²) in [6.07, 6.45) is 0.377. The fourth-order valence-electron chi connectivity index (χ4n) is 1.80. The van der Waals surface area contributed by atoms with Gasteiger partial charge in [0, 0.05) is 19.1 Å². The lowest BCUT2D eigenvalue weighted by Crippen LogP contribution is -2.51. The lowest BCUT2D eigenvalue weighted by Gasteiger charge is -2.24. The van der Waals surface area contributed by atoms with Crippen LogP contribution in [0.3, 0.4) is 0 Å². The van der Waals surface area contributed by atoms with Crippen molar-refractivity contribution < 1.29 is 19.8 Å². The molecule has 0 aromatic heterocycles. The Morgan fingerprint density at radius 3 is 2.53 bits per heavy atom. The van der Waals surface area contributed by atoms with Gasteiger partial charge in [0.05, 0.1) is 6.42 Å². The molecular formula is C9H16N2O4. The molecule has 1 saturated heterocycles. The van der Waals surface area contributed by atoms with Gasteiger partial charge in [-0.25, -0.2) is 0 Å². The van der Waals surface area contributed by atoms with Crippen LogP contribution in [-0.2, 0) is 9.59 Å². The highest BCUT2D eigenvalue weighted by Gasteiger charge is 2.42. The first-order valence-corrected chi connectivity index (χ1v) is 4.83. The molecule has 1 heterocycles. The van der Waals surface area contributed by atoms with Crippen molar-refractivity contribution >= 4 is 11.9 Å². The topological polar surface area (TPSA) is 104 Å². The number of carbonyl (C=O) groups is 2. The summed E-state index contributed by atoms with van der Waals surface area (Å²) in [6, 6.07) is -0.174. The molecule has 0 spiro atoms. The van der Waals surface area contributed by atoms with Crippen molar-refractivity contribution in [2.45, 2.75) is 31.3 Å². The van der Waals surface area contributed by atoms with Gasteiger partial charge in [-0.05, 0) is 13.3 Å². The van der Waals surface area contributed by atoms with E-state index in [0.29, 0.717) is 13.0 Å². The third kappa shape index (κ3) is 2.66. The highest BCUT2D eigenvalue weighted by Crippen LogP contribution is 2.22. The maximum Gasteiger partial charge on any atom is 0.325 e. The Hall–Kier alpha value is -1.14. The molecule has 0 amide bonds. The standard InChI is InChI=1S/C9H16N2O4/c1-6(4-7(12)13)11-3-2-9(10,5-11)8(14)15/h6H,2-5,10H2,1H3,(H,12,13)(H,14,15). The Labute approximate surface area is 87.7 Å². The molecule has 1 rings (SSSR count). The maximum absolute atomic E-state index is 10.8.